The van der Waals surface area contributed by atoms with Crippen LogP contribution in [0.5, 0.6) is 0 Å². The van der Waals surface area contributed by atoms with Crippen molar-refractivity contribution >= 4 is 23.7 Å². The summed E-state index contributed by atoms with van der Waals surface area (Å²) in [5.41, 5.74) is 4.34. The number of halogens is 1. The van der Waals surface area contributed by atoms with Gasteiger partial charge in [0.25, 0.3) is 5.91 Å². The number of carboxylic acids is 1. The highest BCUT2D eigenvalue weighted by Crippen LogP contribution is 2.44. The number of carbonyl (C=O) groups excluding carboxylic acids is 2. The van der Waals surface area contributed by atoms with Gasteiger partial charge >= 0.3 is 12.1 Å². The molecule has 3 aromatic carbocycles. The molecule has 2 aliphatic rings. The van der Waals surface area contributed by atoms with Gasteiger partial charge in [-0.15, -0.1) is 0 Å². The number of amides is 2. The molecular formula is C27H23FN2O5. The smallest absolute Gasteiger partial charge is 0.411 e. The second kappa shape index (κ2) is 9.21. The highest BCUT2D eigenvalue weighted by molar-refractivity contribution is 5.95. The first-order valence-electron chi connectivity index (χ1n) is 11.4. The number of rotatable bonds is 6. The van der Waals surface area contributed by atoms with Crippen LogP contribution in [0.4, 0.5) is 14.9 Å². The van der Waals surface area contributed by atoms with Crippen LogP contribution in [0.15, 0.2) is 66.7 Å². The molecule has 1 fully saturated rings. The van der Waals surface area contributed by atoms with Crippen LogP contribution >= 0.6 is 0 Å². The molecule has 8 heteroatoms. The Morgan fingerprint density at radius 1 is 0.943 bits per heavy atom. The fraction of sp³-hybridized carbons (Fsp3) is 0.222. The van der Waals surface area contributed by atoms with Crippen molar-refractivity contribution in [1.29, 1.82) is 0 Å². The molecule has 0 radical (unpaired) electrons. The quantitative estimate of drug-likeness (QED) is 0.477. The van der Waals surface area contributed by atoms with E-state index in [1.807, 2.05) is 48.5 Å². The van der Waals surface area contributed by atoms with Crippen molar-refractivity contribution in [2.45, 2.75) is 24.8 Å². The summed E-state index contributed by atoms with van der Waals surface area (Å²) in [4.78, 5) is 35.6. The molecular weight excluding hydrogens is 451 g/mol. The Bertz CT molecular complexity index is 1270. The van der Waals surface area contributed by atoms with E-state index in [1.165, 1.54) is 12.1 Å². The number of anilines is 1. The largest absolute Gasteiger partial charge is 0.481 e. The maximum absolute atomic E-state index is 14.6. The number of hydrogen-bond donors (Lipinski definition) is 3. The van der Waals surface area contributed by atoms with Crippen molar-refractivity contribution < 1.29 is 28.6 Å². The maximum atomic E-state index is 14.6. The zero-order chi connectivity index (χ0) is 24.5. The van der Waals surface area contributed by atoms with Gasteiger partial charge in [-0.1, -0.05) is 48.5 Å². The van der Waals surface area contributed by atoms with Crippen molar-refractivity contribution in [3.05, 3.63) is 89.2 Å². The molecule has 5 rings (SSSR count). The average Bonchev–Trinajstić information content (AvgIpc) is 3.14. The fourth-order valence-electron chi connectivity index (χ4n) is 4.71. The van der Waals surface area contributed by atoms with Crippen LogP contribution in [0.3, 0.4) is 0 Å². The molecule has 2 amide bonds. The van der Waals surface area contributed by atoms with Crippen LogP contribution in [-0.2, 0) is 9.53 Å². The van der Waals surface area contributed by atoms with Crippen molar-refractivity contribution in [3.63, 3.8) is 0 Å². The van der Waals surface area contributed by atoms with Gasteiger partial charge in [0, 0.05) is 17.5 Å². The monoisotopic (exact) mass is 474 g/mol. The van der Waals surface area contributed by atoms with E-state index in [1.54, 1.807) is 0 Å². The second-order valence-corrected chi connectivity index (χ2v) is 8.82. The third-order valence-corrected chi connectivity index (χ3v) is 6.63. The molecule has 0 bridgehead atoms. The van der Waals surface area contributed by atoms with Crippen molar-refractivity contribution in [2.75, 3.05) is 11.9 Å². The summed E-state index contributed by atoms with van der Waals surface area (Å²) in [5.74, 6) is -2.73. The van der Waals surface area contributed by atoms with Crippen LogP contribution in [0, 0.1) is 11.7 Å². The van der Waals surface area contributed by atoms with Crippen LogP contribution < -0.4 is 10.6 Å². The number of fused-ring (bicyclic) bond motifs is 3. The third kappa shape index (κ3) is 4.47. The van der Waals surface area contributed by atoms with Crippen LogP contribution in [0.2, 0.25) is 0 Å². The van der Waals surface area contributed by atoms with Crippen molar-refractivity contribution in [3.8, 4) is 11.1 Å². The molecule has 3 N–H and O–H groups in total. The minimum absolute atomic E-state index is 0.0827. The lowest BCUT2D eigenvalue weighted by Gasteiger charge is -2.32. The first-order chi connectivity index (χ1) is 16.9. The molecule has 178 valence electrons. The summed E-state index contributed by atoms with van der Waals surface area (Å²) in [6, 6.07) is 19.4. The van der Waals surface area contributed by atoms with E-state index in [0.29, 0.717) is 12.8 Å². The summed E-state index contributed by atoms with van der Waals surface area (Å²) in [5, 5.41) is 14.0. The van der Waals surface area contributed by atoms with Gasteiger partial charge in [0.1, 0.15) is 12.4 Å². The van der Waals surface area contributed by atoms with Crippen molar-refractivity contribution in [2.24, 2.45) is 5.92 Å². The van der Waals surface area contributed by atoms with Crippen LogP contribution in [0.25, 0.3) is 11.1 Å². The first-order valence-corrected chi connectivity index (χ1v) is 11.4. The highest BCUT2D eigenvalue weighted by atomic mass is 19.1. The minimum Gasteiger partial charge on any atom is -0.481 e. The molecule has 2 aliphatic carbocycles. The lowest BCUT2D eigenvalue weighted by molar-refractivity contribution is -0.145. The standard InChI is InChI=1S/C27H23FN2O5/c28-23-13-15(25(31)29-17-11-16(12-17)26(32)33)9-10-24(23)30-27(34)35-14-22-20-7-3-1-5-18(20)19-6-2-4-8-21(19)22/h1-10,13,16-17,22H,11-12,14H2,(H,29,31)(H,30,34)(H,32,33). The summed E-state index contributed by atoms with van der Waals surface area (Å²) in [6.45, 7) is 0.0979. The predicted octanol–water partition coefficient (Wildman–Crippen LogP) is 4.78. The molecule has 0 heterocycles. The second-order valence-electron chi connectivity index (χ2n) is 8.82. The molecule has 0 atom stereocenters. The van der Waals surface area contributed by atoms with Crippen LogP contribution in [-0.4, -0.2) is 35.7 Å². The SMILES string of the molecule is O=C(Nc1ccc(C(=O)NC2CC(C(=O)O)C2)cc1F)OCC1c2ccccc2-c2ccccc21. The van der Waals surface area contributed by atoms with E-state index in [2.05, 4.69) is 10.6 Å². The maximum Gasteiger partial charge on any atom is 0.411 e. The Labute approximate surface area is 200 Å². The van der Waals surface area contributed by atoms with Gasteiger partial charge in [0.15, 0.2) is 0 Å². The number of hydrogen-bond acceptors (Lipinski definition) is 4. The summed E-state index contributed by atoms with van der Waals surface area (Å²) < 4.78 is 20.0. The zero-order valence-corrected chi connectivity index (χ0v) is 18.7. The van der Waals surface area contributed by atoms with E-state index in [-0.39, 0.29) is 29.8 Å². The van der Waals surface area contributed by atoms with Gasteiger partial charge in [-0.2, -0.15) is 0 Å². The summed E-state index contributed by atoms with van der Waals surface area (Å²) in [6.07, 6.45) is -0.0900. The predicted molar refractivity (Wildman–Crippen MR) is 127 cm³/mol. The minimum atomic E-state index is -0.884. The Balaban J connectivity index is 1.19. The molecule has 7 nitrogen and oxygen atoms in total. The van der Waals surface area contributed by atoms with E-state index >= 15 is 0 Å². The number of carboxylic acid groups (broad SMARTS) is 1. The normalized spacial score (nSPS) is 18.1. The van der Waals surface area contributed by atoms with Gasteiger partial charge in [-0.05, 0) is 53.3 Å². The molecule has 0 aliphatic heterocycles. The molecule has 0 aromatic heterocycles. The number of ether oxygens (including phenoxy) is 1. The molecule has 0 unspecified atom stereocenters. The van der Waals surface area contributed by atoms with Gasteiger partial charge in [-0.25, -0.2) is 9.18 Å². The Morgan fingerprint density at radius 3 is 2.17 bits per heavy atom. The van der Waals surface area contributed by atoms with Crippen molar-refractivity contribution in [1.82, 2.24) is 5.32 Å². The van der Waals surface area contributed by atoms with E-state index in [4.69, 9.17) is 9.84 Å². The molecule has 1 saturated carbocycles. The number of carbonyl (C=O) groups is 3. The molecule has 3 aromatic rings. The Hall–Kier alpha value is -4.20. The third-order valence-electron chi connectivity index (χ3n) is 6.63. The van der Waals surface area contributed by atoms with Gasteiger partial charge in [0.05, 0.1) is 11.6 Å². The molecule has 0 saturated heterocycles. The van der Waals surface area contributed by atoms with Gasteiger partial charge in [-0.3, -0.25) is 14.9 Å². The molecule has 35 heavy (non-hydrogen) atoms. The topological polar surface area (TPSA) is 105 Å². The van der Waals surface area contributed by atoms with Crippen LogP contribution in [0.1, 0.15) is 40.2 Å². The lowest BCUT2D eigenvalue weighted by atomic mass is 9.80. The van der Waals surface area contributed by atoms with Gasteiger partial charge in [0.2, 0.25) is 0 Å². The van der Waals surface area contributed by atoms with E-state index in [9.17, 15) is 18.8 Å². The highest BCUT2D eigenvalue weighted by Gasteiger charge is 2.35. The van der Waals surface area contributed by atoms with E-state index in [0.717, 1.165) is 28.3 Å². The number of nitrogens with one attached hydrogen (secondary N) is 2. The summed E-state index contributed by atoms with van der Waals surface area (Å²) in [7, 11) is 0. The molecule has 0 spiro atoms. The number of aliphatic carboxylic acids is 1. The van der Waals surface area contributed by atoms with E-state index < -0.39 is 29.7 Å². The number of benzene rings is 3. The zero-order valence-electron chi connectivity index (χ0n) is 18.7. The van der Waals surface area contributed by atoms with Gasteiger partial charge < -0.3 is 15.2 Å². The average molecular weight is 474 g/mol. The Kier molecular flexibility index (Phi) is 5.94. The summed E-state index contributed by atoms with van der Waals surface area (Å²) >= 11 is 0. The first kappa shape index (κ1) is 22.6. The lowest BCUT2D eigenvalue weighted by Crippen LogP contribution is -2.46. The fourth-order valence-corrected chi connectivity index (χ4v) is 4.71. The Morgan fingerprint density at radius 2 is 1.57 bits per heavy atom.